The second-order valence-corrected chi connectivity index (χ2v) is 7.78. The van der Waals surface area contributed by atoms with E-state index in [-0.39, 0.29) is 21.2 Å². The van der Waals surface area contributed by atoms with E-state index in [1.165, 1.54) is 3.57 Å². The molecule has 0 saturated heterocycles. The predicted molar refractivity (Wildman–Crippen MR) is 61.3 cm³/mol. The van der Waals surface area contributed by atoms with E-state index >= 15 is 0 Å². The largest absolute Gasteiger partial charge is 0.743 e. The number of nitriles is 1. The van der Waals surface area contributed by atoms with Gasteiger partial charge in [0.15, 0.2) is 10.1 Å². The monoisotopic (exact) mass is 529 g/mol. The summed E-state index contributed by atoms with van der Waals surface area (Å²) in [6.45, 7) is 0. The third kappa shape index (κ3) is 5.13. The van der Waals surface area contributed by atoms with Crippen LogP contribution in [-0.2, 0) is 10.1 Å². The van der Waals surface area contributed by atoms with Crippen molar-refractivity contribution < 1.29 is 73.7 Å². The number of rotatable bonds is 4. The second kappa shape index (κ2) is 8.17. The lowest BCUT2D eigenvalue weighted by molar-refractivity contribution is -0.538. The molecule has 4 nitrogen and oxygen atoms in total. The molecule has 0 aliphatic rings. The fraction of sp³-hybridized carbons (Fsp3) is 0.364. The molecule has 26 heavy (non-hydrogen) atoms. The van der Waals surface area contributed by atoms with Crippen molar-refractivity contribution in [1.82, 2.24) is 0 Å². The van der Waals surface area contributed by atoms with E-state index in [9.17, 15) is 52.5 Å². The fourth-order valence-electron chi connectivity index (χ4n) is 1.04. The Kier molecular flexibility index (Phi) is 7.76. The van der Waals surface area contributed by atoms with Gasteiger partial charge >= 0.3 is 48.6 Å². The first-order valence-corrected chi connectivity index (χ1v) is 9.23. The number of hydrogen-bond acceptors (Lipinski definition) is 4. The van der Waals surface area contributed by atoms with Gasteiger partial charge in [-0.2, -0.15) is 39.5 Å². The topological polar surface area (TPSA) is 81.0 Å². The zero-order valence-electron chi connectivity index (χ0n) is 11.7. The Labute approximate surface area is 150 Å². The first-order chi connectivity index (χ1) is 11.4. The molecule has 0 N–H and O–H groups in total. The normalized spacial score (nSPS) is 13.4. The highest BCUT2D eigenvalue weighted by Crippen LogP contribution is 2.54. The quantitative estimate of drug-likeness (QED) is 0.321. The molecule has 0 unspecified atom stereocenters. The van der Waals surface area contributed by atoms with Gasteiger partial charge in [-0.05, 0) is 12.1 Å². The zero-order valence-corrected chi connectivity index (χ0v) is 14.7. The summed E-state index contributed by atoms with van der Waals surface area (Å²) in [6, 6.07) is 9.89. The van der Waals surface area contributed by atoms with Crippen LogP contribution in [0.5, 0.6) is 0 Å². The van der Waals surface area contributed by atoms with Crippen molar-refractivity contribution >= 4 is 10.1 Å². The van der Waals surface area contributed by atoms with Crippen LogP contribution in [0.3, 0.4) is 0 Å². The minimum absolute atomic E-state index is 0.365. The summed E-state index contributed by atoms with van der Waals surface area (Å²) in [5.41, 5.74) is 0. The molecule has 0 aromatic heterocycles. The Morgan fingerprint density at radius 3 is 1.62 bits per heavy atom. The third-order valence-corrected chi connectivity index (χ3v) is 4.78. The Morgan fingerprint density at radius 2 is 1.31 bits per heavy atom. The molecule has 0 aliphatic heterocycles. The molecular formula is C11H5F9INO3S. The van der Waals surface area contributed by atoms with Gasteiger partial charge in [0.25, 0.3) is 0 Å². The van der Waals surface area contributed by atoms with Crippen molar-refractivity contribution in [1.29, 1.82) is 5.26 Å². The predicted octanol–water partition coefficient (Wildman–Crippen LogP) is 0.384. The molecule has 0 spiro atoms. The number of alkyl halides is 9. The average Bonchev–Trinajstić information content (AvgIpc) is 2.46. The number of halogens is 10. The van der Waals surface area contributed by atoms with Crippen molar-refractivity contribution in [2.45, 2.75) is 23.3 Å². The lowest BCUT2D eigenvalue weighted by atomic mass is 10.1. The average molecular weight is 529 g/mol. The molecule has 148 valence electrons. The van der Waals surface area contributed by atoms with E-state index in [0.29, 0.717) is 0 Å². The summed E-state index contributed by atoms with van der Waals surface area (Å²) >= 11 is -0.365. The summed E-state index contributed by atoms with van der Waals surface area (Å²) < 4.78 is 139. The van der Waals surface area contributed by atoms with E-state index in [2.05, 4.69) is 4.08 Å². The molecule has 0 saturated carbocycles. The van der Waals surface area contributed by atoms with Crippen molar-refractivity contribution in [3.05, 3.63) is 33.9 Å². The summed E-state index contributed by atoms with van der Waals surface area (Å²) in [5.74, 6) is -14.8. The molecule has 0 fully saturated rings. The number of hydrogen-bond donors (Lipinski definition) is 0. The van der Waals surface area contributed by atoms with Crippen molar-refractivity contribution in [2.24, 2.45) is 0 Å². The molecule has 1 aromatic rings. The van der Waals surface area contributed by atoms with Crippen LogP contribution in [0.1, 0.15) is 0 Å². The maximum absolute atomic E-state index is 12.2. The fourth-order valence-corrected chi connectivity index (χ4v) is 2.54. The zero-order chi connectivity index (χ0) is 21.0. The van der Waals surface area contributed by atoms with Crippen molar-refractivity contribution in [3.63, 3.8) is 0 Å². The standard InChI is InChI=1S/C7H5IN.C4HF9O3S/c9-6-8-7-4-2-1-3-5-7;5-1(6,3(9,10)11)2(7,8)4(12,13)17(14,15)16/h1-5H;(H,14,15,16)/q+1;/p-1. The van der Waals surface area contributed by atoms with Gasteiger partial charge in [-0.25, -0.2) is 8.42 Å². The van der Waals surface area contributed by atoms with Gasteiger partial charge in [0.1, 0.15) is 0 Å². The highest BCUT2D eigenvalue weighted by Gasteiger charge is 2.83. The van der Waals surface area contributed by atoms with E-state index in [4.69, 9.17) is 5.26 Å². The first kappa shape index (κ1) is 24.7. The van der Waals surface area contributed by atoms with Gasteiger partial charge in [0, 0.05) is 0 Å². The molecule has 1 rings (SSSR count). The first-order valence-electron chi connectivity index (χ1n) is 5.67. The maximum atomic E-state index is 12.2. The summed E-state index contributed by atoms with van der Waals surface area (Å²) in [7, 11) is -7.42. The third-order valence-electron chi connectivity index (χ3n) is 2.31. The van der Waals surface area contributed by atoms with Gasteiger partial charge in [-0.15, -0.1) is 5.26 Å². The van der Waals surface area contributed by atoms with Crippen molar-refractivity contribution in [3.8, 4) is 4.08 Å². The van der Waals surface area contributed by atoms with Gasteiger partial charge in [0.2, 0.25) is 3.57 Å². The van der Waals surface area contributed by atoms with Gasteiger partial charge in [-0.3, -0.25) is 0 Å². The van der Waals surface area contributed by atoms with E-state index in [1.54, 1.807) is 0 Å². The Morgan fingerprint density at radius 1 is 0.885 bits per heavy atom. The number of benzene rings is 1. The van der Waals surface area contributed by atoms with Crippen LogP contribution in [0, 0.1) is 12.9 Å². The van der Waals surface area contributed by atoms with Crippen LogP contribution in [0.2, 0.25) is 0 Å². The molecule has 0 aliphatic carbocycles. The van der Waals surface area contributed by atoms with Crippen LogP contribution >= 0.6 is 0 Å². The minimum atomic E-state index is -7.43. The van der Waals surface area contributed by atoms with Crippen LogP contribution in [0.4, 0.5) is 39.5 Å². The lowest BCUT2D eigenvalue weighted by Gasteiger charge is -2.34. The second-order valence-electron chi connectivity index (χ2n) is 4.09. The van der Waals surface area contributed by atoms with Crippen LogP contribution in [-0.4, -0.2) is 36.2 Å². The highest BCUT2D eigenvalue weighted by molar-refractivity contribution is 7.86. The molecule has 0 atom stereocenters. The molecule has 0 amide bonds. The smallest absolute Gasteiger partial charge is 0.460 e. The minimum Gasteiger partial charge on any atom is -0.743 e. The number of nitrogens with zero attached hydrogens (tertiary/aromatic N) is 1. The van der Waals surface area contributed by atoms with E-state index in [0.717, 1.165) is 0 Å². The van der Waals surface area contributed by atoms with Gasteiger partial charge in [-0.1, -0.05) is 18.2 Å². The molecule has 15 heteroatoms. The molecular weight excluding hydrogens is 524 g/mol. The van der Waals surface area contributed by atoms with Crippen LogP contribution in [0.15, 0.2) is 30.3 Å². The Balaban J connectivity index is 0.000000577. The molecule has 0 bridgehead atoms. The van der Waals surface area contributed by atoms with Gasteiger partial charge in [0.05, 0.1) is 0 Å². The molecule has 0 radical (unpaired) electrons. The maximum Gasteiger partial charge on any atom is 0.460 e. The van der Waals surface area contributed by atoms with E-state index < -0.39 is 33.4 Å². The lowest BCUT2D eigenvalue weighted by Crippen LogP contribution is -3.59. The summed E-state index contributed by atoms with van der Waals surface area (Å²) in [6.07, 6.45) is -7.16. The summed E-state index contributed by atoms with van der Waals surface area (Å²) in [5, 5.41) is 1.21. The summed E-state index contributed by atoms with van der Waals surface area (Å²) in [4.78, 5) is 0. The van der Waals surface area contributed by atoms with Crippen molar-refractivity contribution in [2.75, 3.05) is 0 Å². The highest BCUT2D eigenvalue weighted by atomic mass is 127. The molecule has 0 heterocycles. The van der Waals surface area contributed by atoms with Crippen LogP contribution < -0.4 is 21.2 Å². The Bertz CT molecular complexity index is 744. The van der Waals surface area contributed by atoms with Crippen LogP contribution in [0.25, 0.3) is 0 Å². The van der Waals surface area contributed by atoms with Gasteiger partial charge < -0.3 is 4.55 Å². The Hall–Kier alpha value is -1.28. The SMILES string of the molecule is N#C[I+]c1ccccc1.O=S(=O)([O-])C(F)(F)C(F)(F)C(F)(F)C(F)(F)F. The van der Waals surface area contributed by atoms with E-state index in [1.807, 2.05) is 30.3 Å². The molecule has 1 aromatic carbocycles.